The first-order chi connectivity index (χ1) is 8.08. The second-order valence-electron chi connectivity index (χ2n) is 4.21. The largest absolute Gasteiger partial charge is 0.480 e. The predicted octanol–water partition coefficient (Wildman–Crippen LogP) is 2.36. The van der Waals surface area contributed by atoms with Crippen molar-refractivity contribution in [1.29, 1.82) is 0 Å². The summed E-state index contributed by atoms with van der Waals surface area (Å²) >= 11 is 6.01. The number of halogens is 1. The minimum atomic E-state index is -0.813. The van der Waals surface area contributed by atoms with Crippen LogP contribution in [0.4, 0.5) is 11.4 Å². The molecule has 17 heavy (non-hydrogen) atoms. The molecular weight excluding hydrogens is 240 g/mol. The summed E-state index contributed by atoms with van der Waals surface area (Å²) in [5.41, 5.74) is 2.88. The van der Waals surface area contributed by atoms with Gasteiger partial charge in [-0.15, -0.1) is 0 Å². The summed E-state index contributed by atoms with van der Waals surface area (Å²) < 4.78 is 0. The molecule has 5 heteroatoms. The monoisotopic (exact) mass is 254 g/mol. The molecule has 1 aromatic rings. The number of carboxylic acids is 1. The molecule has 0 bridgehead atoms. The van der Waals surface area contributed by atoms with Crippen molar-refractivity contribution < 1.29 is 9.90 Å². The highest BCUT2D eigenvalue weighted by molar-refractivity contribution is 6.31. The van der Waals surface area contributed by atoms with Crippen LogP contribution in [-0.2, 0) is 4.79 Å². The molecule has 0 atom stereocenters. The molecule has 1 aliphatic rings. The second kappa shape index (κ2) is 4.84. The maximum absolute atomic E-state index is 10.9. The zero-order valence-corrected chi connectivity index (χ0v) is 10.4. The maximum Gasteiger partial charge on any atom is 0.323 e. The number of carboxylic acid groups (broad SMARTS) is 1. The van der Waals surface area contributed by atoms with Gasteiger partial charge >= 0.3 is 5.97 Å². The molecule has 0 unspecified atom stereocenters. The van der Waals surface area contributed by atoms with Crippen molar-refractivity contribution in [2.24, 2.45) is 0 Å². The highest BCUT2D eigenvalue weighted by atomic mass is 35.5. The van der Waals surface area contributed by atoms with E-state index in [4.69, 9.17) is 16.7 Å². The first kappa shape index (κ1) is 12.0. The maximum atomic E-state index is 10.9. The minimum Gasteiger partial charge on any atom is -0.480 e. The number of hydrogen-bond donors (Lipinski definition) is 2. The highest BCUT2D eigenvalue weighted by Crippen LogP contribution is 2.34. The second-order valence-corrected chi connectivity index (χ2v) is 4.65. The molecule has 0 spiro atoms. The molecule has 1 heterocycles. The van der Waals surface area contributed by atoms with Crippen LogP contribution in [0.3, 0.4) is 0 Å². The van der Waals surface area contributed by atoms with Gasteiger partial charge < -0.3 is 15.3 Å². The van der Waals surface area contributed by atoms with Crippen LogP contribution in [0.2, 0.25) is 5.02 Å². The lowest BCUT2D eigenvalue weighted by Gasteiger charge is -2.24. The number of nitrogens with zero attached hydrogens (tertiary/aromatic N) is 1. The van der Waals surface area contributed by atoms with Crippen LogP contribution in [0.5, 0.6) is 0 Å². The summed E-state index contributed by atoms with van der Waals surface area (Å²) in [6.07, 6.45) is 0.916. The Bertz CT molecular complexity index is 448. The molecule has 0 fully saturated rings. The van der Waals surface area contributed by atoms with E-state index in [1.54, 1.807) is 0 Å². The fourth-order valence-electron chi connectivity index (χ4n) is 2.22. The van der Waals surface area contributed by atoms with E-state index in [2.05, 4.69) is 5.32 Å². The van der Waals surface area contributed by atoms with Gasteiger partial charge in [-0.2, -0.15) is 0 Å². The Labute approximate surface area is 105 Å². The third kappa shape index (κ3) is 2.64. The molecule has 0 saturated heterocycles. The summed E-state index contributed by atoms with van der Waals surface area (Å²) in [4.78, 5) is 12.8. The van der Waals surface area contributed by atoms with Crippen molar-refractivity contribution in [2.75, 3.05) is 29.9 Å². The van der Waals surface area contributed by atoms with Gasteiger partial charge in [0, 0.05) is 18.1 Å². The zero-order valence-electron chi connectivity index (χ0n) is 9.66. The van der Waals surface area contributed by atoms with Crippen LogP contribution < -0.4 is 10.2 Å². The molecule has 0 aliphatic carbocycles. The van der Waals surface area contributed by atoms with Crippen LogP contribution in [0.1, 0.15) is 12.0 Å². The SMILES string of the molecule is Cc1cc(Cl)cc2c1N(CC(=O)O)CCCN2. The van der Waals surface area contributed by atoms with E-state index in [1.165, 1.54) is 0 Å². The lowest BCUT2D eigenvalue weighted by Crippen LogP contribution is -2.30. The highest BCUT2D eigenvalue weighted by Gasteiger charge is 2.19. The van der Waals surface area contributed by atoms with Crippen molar-refractivity contribution in [2.45, 2.75) is 13.3 Å². The fraction of sp³-hybridized carbons (Fsp3) is 0.417. The van der Waals surface area contributed by atoms with Gasteiger partial charge in [0.15, 0.2) is 0 Å². The molecule has 1 aliphatic heterocycles. The molecule has 0 aromatic heterocycles. The van der Waals surface area contributed by atoms with Gasteiger partial charge in [-0.05, 0) is 31.0 Å². The number of carbonyl (C=O) groups is 1. The van der Waals surface area contributed by atoms with Crippen molar-refractivity contribution in [3.05, 3.63) is 22.7 Å². The molecule has 92 valence electrons. The average Bonchev–Trinajstić information content (AvgIpc) is 2.39. The summed E-state index contributed by atoms with van der Waals surface area (Å²) in [6.45, 7) is 3.56. The number of hydrogen-bond acceptors (Lipinski definition) is 3. The fourth-order valence-corrected chi connectivity index (χ4v) is 2.49. The average molecular weight is 255 g/mol. The van der Waals surface area contributed by atoms with E-state index in [0.29, 0.717) is 5.02 Å². The molecule has 0 radical (unpaired) electrons. The van der Waals surface area contributed by atoms with Crippen LogP contribution in [0.25, 0.3) is 0 Å². The molecule has 1 aromatic carbocycles. The number of aliphatic carboxylic acids is 1. The van der Waals surface area contributed by atoms with Crippen molar-refractivity contribution in [3.63, 3.8) is 0 Å². The quantitative estimate of drug-likeness (QED) is 0.851. The van der Waals surface area contributed by atoms with E-state index in [-0.39, 0.29) is 6.54 Å². The molecule has 0 saturated carbocycles. The topological polar surface area (TPSA) is 52.6 Å². The standard InChI is InChI=1S/C12H15ClN2O2/c1-8-5-9(13)6-10-12(8)15(7-11(16)17)4-2-3-14-10/h5-6,14H,2-4,7H2,1H3,(H,16,17). The molecule has 0 amide bonds. The van der Waals surface area contributed by atoms with E-state index in [9.17, 15) is 4.79 Å². The predicted molar refractivity (Wildman–Crippen MR) is 69.1 cm³/mol. The van der Waals surface area contributed by atoms with E-state index < -0.39 is 5.97 Å². The first-order valence-electron chi connectivity index (χ1n) is 5.58. The first-order valence-corrected chi connectivity index (χ1v) is 5.96. The number of rotatable bonds is 2. The summed E-state index contributed by atoms with van der Waals surface area (Å²) in [7, 11) is 0. The van der Waals surface area contributed by atoms with Gasteiger partial charge in [-0.1, -0.05) is 11.6 Å². The Kier molecular flexibility index (Phi) is 3.43. The van der Waals surface area contributed by atoms with Crippen LogP contribution in [0, 0.1) is 6.92 Å². The number of benzene rings is 1. The van der Waals surface area contributed by atoms with Crippen molar-refractivity contribution in [3.8, 4) is 0 Å². The number of anilines is 2. The van der Waals surface area contributed by atoms with E-state index >= 15 is 0 Å². The Hall–Kier alpha value is -1.42. The van der Waals surface area contributed by atoms with Gasteiger partial charge in [0.2, 0.25) is 0 Å². The lowest BCUT2D eigenvalue weighted by molar-refractivity contribution is -0.135. The molecule has 2 N–H and O–H groups in total. The molecule has 4 nitrogen and oxygen atoms in total. The third-order valence-corrected chi connectivity index (χ3v) is 3.05. The number of aryl methyl sites for hydroxylation is 1. The number of fused-ring (bicyclic) bond motifs is 1. The summed E-state index contributed by atoms with van der Waals surface area (Å²) in [5, 5.41) is 12.9. The molecule has 2 rings (SSSR count). The Morgan fingerprint density at radius 2 is 2.35 bits per heavy atom. The van der Waals surface area contributed by atoms with Gasteiger partial charge in [-0.25, -0.2) is 0 Å². The third-order valence-electron chi connectivity index (χ3n) is 2.83. The van der Waals surface area contributed by atoms with Gasteiger partial charge in [0.1, 0.15) is 6.54 Å². The van der Waals surface area contributed by atoms with E-state index in [1.807, 2.05) is 24.0 Å². The van der Waals surface area contributed by atoms with E-state index in [0.717, 1.165) is 36.4 Å². The van der Waals surface area contributed by atoms with Gasteiger partial charge in [-0.3, -0.25) is 4.79 Å². The van der Waals surface area contributed by atoms with Crippen LogP contribution in [0.15, 0.2) is 12.1 Å². The normalized spacial score (nSPS) is 14.8. The van der Waals surface area contributed by atoms with Gasteiger partial charge in [0.25, 0.3) is 0 Å². The van der Waals surface area contributed by atoms with Crippen LogP contribution in [-0.4, -0.2) is 30.7 Å². The van der Waals surface area contributed by atoms with Gasteiger partial charge in [0.05, 0.1) is 11.4 Å². The summed E-state index contributed by atoms with van der Waals surface area (Å²) in [5.74, 6) is -0.813. The Balaban J connectivity index is 2.43. The van der Waals surface area contributed by atoms with Crippen molar-refractivity contribution in [1.82, 2.24) is 0 Å². The zero-order chi connectivity index (χ0) is 12.4. The smallest absolute Gasteiger partial charge is 0.323 e. The van der Waals surface area contributed by atoms with Crippen molar-refractivity contribution >= 4 is 28.9 Å². The Morgan fingerprint density at radius 3 is 3.06 bits per heavy atom. The number of nitrogens with one attached hydrogen (secondary N) is 1. The lowest BCUT2D eigenvalue weighted by atomic mass is 10.1. The van der Waals surface area contributed by atoms with Crippen LogP contribution >= 0.6 is 11.6 Å². The minimum absolute atomic E-state index is 0.0250. The Morgan fingerprint density at radius 1 is 1.59 bits per heavy atom. The summed E-state index contributed by atoms with van der Waals surface area (Å²) in [6, 6.07) is 3.71. The molecular formula is C12H15ClN2O2.